The molecule has 1 aromatic heterocycles. The molecular weight excluding hydrogens is 419 g/mol. The van der Waals surface area contributed by atoms with Crippen LogP contribution >= 0.6 is 23.2 Å². The van der Waals surface area contributed by atoms with Gasteiger partial charge in [0, 0.05) is 17.0 Å². The fourth-order valence-electron chi connectivity index (χ4n) is 2.57. The van der Waals surface area contributed by atoms with Gasteiger partial charge in [0.15, 0.2) is 12.3 Å². The summed E-state index contributed by atoms with van der Waals surface area (Å²) in [4.78, 5) is 36.8. The lowest BCUT2D eigenvalue weighted by Gasteiger charge is -2.11. The number of ether oxygens (including phenoxy) is 1. The quantitative estimate of drug-likeness (QED) is 0.600. The highest BCUT2D eigenvalue weighted by Gasteiger charge is 2.17. The average molecular weight is 435 g/mol. The molecule has 2 aromatic carbocycles. The molecule has 29 heavy (non-hydrogen) atoms. The number of carbonyl (C=O) groups is 2. The Labute approximate surface area is 175 Å². The number of halogens is 2. The van der Waals surface area contributed by atoms with Crippen molar-refractivity contribution in [1.82, 2.24) is 20.6 Å². The summed E-state index contributed by atoms with van der Waals surface area (Å²) in [6.45, 7) is 1.65. The number of benzene rings is 2. The van der Waals surface area contributed by atoms with Gasteiger partial charge in [0.05, 0.1) is 10.4 Å². The zero-order valence-electron chi connectivity index (χ0n) is 15.2. The number of rotatable bonds is 5. The highest BCUT2D eigenvalue weighted by Crippen LogP contribution is 2.27. The van der Waals surface area contributed by atoms with Crippen LogP contribution in [0, 0.1) is 0 Å². The van der Waals surface area contributed by atoms with Gasteiger partial charge in [-0.25, -0.2) is 4.68 Å². The van der Waals surface area contributed by atoms with Crippen LogP contribution in [0.15, 0.2) is 47.3 Å². The largest absolute Gasteiger partial charge is 0.482 e. The van der Waals surface area contributed by atoms with Gasteiger partial charge in [-0.2, -0.15) is 5.10 Å². The SMILES string of the molecule is CCn1nc(C(=O)NNC(=O)COc2ccc(Cl)cc2Cl)c2ccccc2c1=O. The van der Waals surface area contributed by atoms with Crippen molar-refractivity contribution in [2.75, 3.05) is 6.61 Å². The normalized spacial score (nSPS) is 10.6. The summed E-state index contributed by atoms with van der Waals surface area (Å²) in [6.07, 6.45) is 0. The maximum atomic E-state index is 12.5. The molecule has 1 heterocycles. The molecule has 8 nitrogen and oxygen atoms in total. The highest BCUT2D eigenvalue weighted by atomic mass is 35.5. The molecule has 0 saturated carbocycles. The van der Waals surface area contributed by atoms with Crippen LogP contribution in [0.5, 0.6) is 5.75 Å². The molecule has 0 radical (unpaired) electrons. The molecule has 3 rings (SSSR count). The molecule has 0 atom stereocenters. The van der Waals surface area contributed by atoms with Gasteiger partial charge in [-0.1, -0.05) is 41.4 Å². The smallest absolute Gasteiger partial charge is 0.290 e. The van der Waals surface area contributed by atoms with Crippen LogP contribution < -0.4 is 21.1 Å². The summed E-state index contributed by atoms with van der Waals surface area (Å²) in [6, 6.07) is 11.2. The molecule has 0 fully saturated rings. The second-order valence-corrected chi connectivity index (χ2v) is 6.72. The lowest BCUT2D eigenvalue weighted by Crippen LogP contribution is -2.44. The number of aromatic nitrogens is 2. The predicted octanol–water partition coefficient (Wildman–Crippen LogP) is 2.56. The van der Waals surface area contributed by atoms with Gasteiger partial charge in [0.2, 0.25) is 0 Å². The molecule has 10 heteroatoms. The molecule has 0 unspecified atom stereocenters. The maximum Gasteiger partial charge on any atom is 0.290 e. The molecule has 0 saturated heterocycles. The first-order valence-corrected chi connectivity index (χ1v) is 9.33. The number of nitrogens with one attached hydrogen (secondary N) is 2. The van der Waals surface area contributed by atoms with Gasteiger partial charge >= 0.3 is 0 Å². The first kappa shape index (κ1) is 20.6. The Morgan fingerprint density at radius 1 is 1.10 bits per heavy atom. The van der Waals surface area contributed by atoms with Crippen molar-refractivity contribution in [2.45, 2.75) is 13.5 Å². The Morgan fingerprint density at radius 3 is 2.52 bits per heavy atom. The van der Waals surface area contributed by atoms with E-state index in [1.165, 1.54) is 16.8 Å². The van der Waals surface area contributed by atoms with Crippen LogP contribution in [0.1, 0.15) is 17.4 Å². The third-order valence-electron chi connectivity index (χ3n) is 3.95. The summed E-state index contributed by atoms with van der Waals surface area (Å²) >= 11 is 11.8. The molecule has 0 bridgehead atoms. The summed E-state index contributed by atoms with van der Waals surface area (Å²) < 4.78 is 6.48. The third-order valence-corrected chi connectivity index (χ3v) is 4.48. The van der Waals surface area contributed by atoms with Crippen molar-refractivity contribution in [1.29, 1.82) is 0 Å². The molecule has 0 aliphatic rings. The van der Waals surface area contributed by atoms with Crippen LogP contribution in [0.4, 0.5) is 0 Å². The lowest BCUT2D eigenvalue weighted by atomic mass is 10.1. The molecule has 0 aliphatic carbocycles. The van der Waals surface area contributed by atoms with Crippen molar-refractivity contribution in [3.63, 3.8) is 0 Å². The van der Waals surface area contributed by atoms with Gasteiger partial charge in [-0.3, -0.25) is 25.2 Å². The van der Waals surface area contributed by atoms with Crippen molar-refractivity contribution in [2.24, 2.45) is 0 Å². The number of aryl methyl sites for hydroxylation is 1. The Morgan fingerprint density at radius 2 is 1.83 bits per heavy atom. The zero-order chi connectivity index (χ0) is 21.0. The Kier molecular flexibility index (Phi) is 6.36. The highest BCUT2D eigenvalue weighted by molar-refractivity contribution is 6.35. The minimum atomic E-state index is -0.665. The molecular formula is C19H16Cl2N4O4. The van der Waals surface area contributed by atoms with E-state index in [2.05, 4.69) is 16.0 Å². The van der Waals surface area contributed by atoms with Crippen molar-refractivity contribution >= 4 is 45.8 Å². The maximum absolute atomic E-state index is 12.5. The van der Waals surface area contributed by atoms with E-state index in [-0.39, 0.29) is 28.6 Å². The number of amides is 2. The van der Waals surface area contributed by atoms with Crippen LogP contribution in [0.25, 0.3) is 10.8 Å². The lowest BCUT2D eigenvalue weighted by molar-refractivity contribution is -0.123. The minimum Gasteiger partial charge on any atom is -0.482 e. The van der Waals surface area contributed by atoms with E-state index in [9.17, 15) is 14.4 Å². The number of carbonyl (C=O) groups excluding carboxylic acids is 2. The first-order valence-electron chi connectivity index (χ1n) is 8.57. The van der Waals surface area contributed by atoms with Gasteiger partial charge in [0.1, 0.15) is 5.75 Å². The third kappa shape index (κ3) is 4.67. The monoisotopic (exact) mass is 434 g/mol. The molecule has 0 spiro atoms. The van der Waals surface area contributed by atoms with Gasteiger partial charge in [-0.05, 0) is 31.2 Å². The second kappa shape index (κ2) is 8.93. The van der Waals surface area contributed by atoms with E-state index >= 15 is 0 Å². The summed E-state index contributed by atoms with van der Waals surface area (Å²) in [5.74, 6) is -1.00. The Bertz CT molecular complexity index is 1150. The zero-order valence-corrected chi connectivity index (χ0v) is 16.8. The van der Waals surface area contributed by atoms with E-state index in [1.54, 1.807) is 37.3 Å². The van der Waals surface area contributed by atoms with Crippen LogP contribution in [-0.2, 0) is 11.3 Å². The van der Waals surface area contributed by atoms with E-state index in [1.807, 2.05) is 0 Å². The van der Waals surface area contributed by atoms with E-state index in [0.717, 1.165) is 0 Å². The van der Waals surface area contributed by atoms with Gasteiger partial charge in [0.25, 0.3) is 17.4 Å². The minimum absolute atomic E-state index is 0.0176. The topological polar surface area (TPSA) is 102 Å². The van der Waals surface area contributed by atoms with Crippen LogP contribution in [-0.4, -0.2) is 28.2 Å². The van der Waals surface area contributed by atoms with Crippen LogP contribution in [0.3, 0.4) is 0 Å². The van der Waals surface area contributed by atoms with Gasteiger partial charge in [-0.15, -0.1) is 0 Å². The molecule has 150 valence electrons. The Balaban J connectivity index is 1.68. The number of fused-ring (bicyclic) bond motifs is 1. The molecule has 3 aromatic rings. The van der Waals surface area contributed by atoms with Crippen LogP contribution in [0.2, 0.25) is 10.0 Å². The number of nitrogens with zero attached hydrogens (tertiary/aromatic N) is 2. The fraction of sp³-hybridized carbons (Fsp3) is 0.158. The average Bonchev–Trinajstić information content (AvgIpc) is 2.72. The molecule has 2 N–H and O–H groups in total. The second-order valence-electron chi connectivity index (χ2n) is 5.88. The summed E-state index contributed by atoms with van der Waals surface area (Å²) in [5, 5.41) is 5.53. The fourth-order valence-corrected chi connectivity index (χ4v) is 3.04. The van der Waals surface area contributed by atoms with Crippen molar-refractivity contribution in [3.8, 4) is 5.75 Å². The van der Waals surface area contributed by atoms with Crippen molar-refractivity contribution in [3.05, 3.63) is 68.6 Å². The number of hydrazine groups is 1. The predicted molar refractivity (Wildman–Crippen MR) is 109 cm³/mol. The van der Waals surface area contributed by atoms with E-state index in [4.69, 9.17) is 27.9 Å². The summed E-state index contributed by atoms with van der Waals surface area (Å²) in [7, 11) is 0. The molecule has 0 aliphatic heterocycles. The standard InChI is InChI=1S/C19H16Cl2N4O4/c1-2-25-19(28)13-6-4-3-5-12(13)17(24-25)18(27)23-22-16(26)10-29-15-8-7-11(20)9-14(15)21/h3-9H,2,10H2,1H3,(H,22,26)(H,23,27). The van der Waals surface area contributed by atoms with E-state index < -0.39 is 11.8 Å². The van der Waals surface area contributed by atoms with Crippen molar-refractivity contribution < 1.29 is 14.3 Å². The van der Waals surface area contributed by atoms with E-state index in [0.29, 0.717) is 22.3 Å². The molecule has 2 amide bonds. The Hall–Kier alpha value is -3.10. The van der Waals surface area contributed by atoms with Gasteiger partial charge < -0.3 is 4.74 Å². The number of hydrogen-bond donors (Lipinski definition) is 2. The number of hydrogen-bond acceptors (Lipinski definition) is 5. The summed E-state index contributed by atoms with van der Waals surface area (Å²) in [5.41, 5.74) is 4.23. The first-order chi connectivity index (χ1) is 13.9.